The molecule has 0 N–H and O–H groups in total. The van der Waals surface area contributed by atoms with Crippen LogP contribution in [0.4, 0.5) is 0 Å². The van der Waals surface area contributed by atoms with Gasteiger partial charge in [-0.2, -0.15) is 0 Å². The number of nitrogens with zero attached hydrogens (tertiary/aromatic N) is 1. The van der Waals surface area contributed by atoms with Crippen LogP contribution in [0.5, 0.6) is 0 Å². The summed E-state index contributed by atoms with van der Waals surface area (Å²) in [7, 11) is 0. The molecule has 1 fully saturated rings. The van der Waals surface area contributed by atoms with E-state index < -0.39 is 0 Å². The SMILES string of the molecule is c1ccc2c(-c3onc4ccc(C5OCCO5)cc34)cccc2c1. The van der Waals surface area contributed by atoms with Crippen LogP contribution in [0, 0.1) is 0 Å². The van der Waals surface area contributed by atoms with E-state index in [2.05, 4.69) is 35.5 Å². The van der Waals surface area contributed by atoms with Crippen LogP contribution in [0.2, 0.25) is 0 Å². The van der Waals surface area contributed by atoms with Gasteiger partial charge in [0.05, 0.1) is 18.6 Å². The quantitative estimate of drug-likeness (QED) is 0.538. The van der Waals surface area contributed by atoms with Gasteiger partial charge in [0.15, 0.2) is 12.1 Å². The molecule has 4 nitrogen and oxygen atoms in total. The van der Waals surface area contributed by atoms with Crippen LogP contribution in [0.1, 0.15) is 11.9 Å². The van der Waals surface area contributed by atoms with Gasteiger partial charge >= 0.3 is 0 Å². The van der Waals surface area contributed by atoms with Crippen molar-refractivity contribution >= 4 is 21.7 Å². The van der Waals surface area contributed by atoms with Crippen molar-refractivity contribution in [2.24, 2.45) is 0 Å². The molecule has 0 atom stereocenters. The molecule has 0 bridgehead atoms. The summed E-state index contributed by atoms with van der Waals surface area (Å²) in [6.45, 7) is 1.26. The van der Waals surface area contributed by atoms with E-state index in [1.54, 1.807) is 0 Å². The number of aromatic nitrogens is 1. The molecule has 0 spiro atoms. The Hall–Kier alpha value is -2.69. The van der Waals surface area contributed by atoms with Gasteiger partial charge < -0.3 is 14.0 Å². The third-order valence-corrected chi connectivity index (χ3v) is 4.43. The molecule has 0 amide bonds. The predicted molar refractivity (Wildman–Crippen MR) is 91.6 cm³/mol. The second kappa shape index (κ2) is 5.44. The fourth-order valence-corrected chi connectivity index (χ4v) is 3.27. The molecule has 1 saturated heterocycles. The van der Waals surface area contributed by atoms with E-state index in [9.17, 15) is 0 Å². The minimum Gasteiger partial charge on any atom is -0.355 e. The van der Waals surface area contributed by atoms with Crippen LogP contribution >= 0.6 is 0 Å². The number of hydrogen-bond acceptors (Lipinski definition) is 4. The molecule has 0 radical (unpaired) electrons. The van der Waals surface area contributed by atoms with Gasteiger partial charge in [-0.3, -0.25) is 0 Å². The molecule has 1 aliphatic heterocycles. The number of hydrogen-bond donors (Lipinski definition) is 0. The Balaban J connectivity index is 1.72. The Morgan fingerprint density at radius 1 is 0.833 bits per heavy atom. The standard InChI is InChI=1S/C20H15NO3/c1-2-6-15-13(4-1)5-3-7-16(15)19-17-12-14(20-22-10-11-23-20)8-9-18(17)21-24-19/h1-9,12,20H,10-11H2. The van der Waals surface area contributed by atoms with Gasteiger partial charge in [0.1, 0.15) is 5.52 Å². The number of ether oxygens (including phenoxy) is 2. The van der Waals surface area contributed by atoms with Crippen molar-refractivity contribution in [1.29, 1.82) is 0 Å². The molecule has 4 heteroatoms. The lowest BCUT2D eigenvalue weighted by Crippen LogP contribution is -1.97. The zero-order valence-corrected chi connectivity index (χ0v) is 12.9. The summed E-state index contributed by atoms with van der Waals surface area (Å²) in [5.41, 5.74) is 2.87. The van der Waals surface area contributed by atoms with Crippen molar-refractivity contribution in [1.82, 2.24) is 5.16 Å². The van der Waals surface area contributed by atoms with Crippen molar-refractivity contribution in [2.75, 3.05) is 13.2 Å². The molecule has 5 rings (SSSR count). The van der Waals surface area contributed by atoms with E-state index in [0.717, 1.165) is 33.2 Å². The largest absolute Gasteiger partial charge is 0.355 e. The molecule has 4 aromatic rings. The summed E-state index contributed by atoms with van der Waals surface area (Å²) in [5, 5.41) is 7.52. The van der Waals surface area contributed by atoms with E-state index in [0.29, 0.717) is 13.2 Å². The predicted octanol–water partition coefficient (Wildman–Crippen LogP) is 4.69. The van der Waals surface area contributed by atoms with E-state index in [1.807, 2.05) is 30.3 Å². The lowest BCUT2D eigenvalue weighted by Gasteiger charge is -2.09. The average molecular weight is 317 g/mol. The number of benzene rings is 3. The fraction of sp³-hybridized carbons (Fsp3) is 0.150. The molecule has 0 saturated carbocycles. The highest BCUT2D eigenvalue weighted by Gasteiger charge is 2.21. The first-order valence-electron chi connectivity index (χ1n) is 8.01. The van der Waals surface area contributed by atoms with E-state index in [4.69, 9.17) is 14.0 Å². The monoisotopic (exact) mass is 317 g/mol. The minimum absolute atomic E-state index is 0.301. The van der Waals surface area contributed by atoms with Crippen molar-refractivity contribution in [2.45, 2.75) is 6.29 Å². The summed E-state index contributed by atoms with van der Waals surface area (Å²) < 4.78 is 16.9. The smallest absolute Gasteiger partial charge is 0.184 e. The zero-order valence-electron chi connectivity index (χ0n) is 12.9. The fourth-order valence-electron chi connectivity index (χ4n) is 3.27. The Morgan fingerprint density at radius 3 is 2.58 bits per heavy atom. The van der Waals surface area contributed by atoms with Gasteiger partial charge in [-0.25, -0.2) is 0 Å². The van der Waals surface area contributed by atoms with E-state index in [-0.39, 0.29) is 6.29 Å². The molecule has 2 heterocycles. The van der Waals surface area contributed by atoms with Crippen LogP contribution in [-0.2, 0) is 9.47 Å². The maximum atomic E-state index is 5.70. The van der Waals surface area contributed by atoms with Crippen molar-refractivity contribution in [3.63, 3.8) is 0 Å². The number of rotatable bonds is 2. The molecular formula is C20H15NO3. The maximum Gasteiger partial charge on any atom is 0.184 e. The highest BCUT2D eigenvalue weighted by atomic mass is 16.7. The highest BCUT2D eigenvalue weighted by molar-refractivity contribution is 6.02. The topological polar surface area (TPSA) is 44.5 Å². The highest BCUT2D eigenvalue weighted by Crippen LogP contribution is 2.35. The average Bonchev–Trinajstić information content (AvgIpc) is 3.30. The van der Waals surface area contributed by atoms with Crippen LogP contribution in [0.3, 0.4) is 0 Å². The van der Waals surface area contributed by atoms with Gasteiger partial charge in [0.25, 0.3) is 0 Å². The maximum absolute atomic E-state index is 5.70. The summed E-state index contributed by atoms with van der Waals surface area (Å²) in [6, 6.07) is 20.5. The molecule has 118 valence electrons. The first-order chi connectivity index (χ1) is 11.9. The van der Waals surface area contributed by atoms with Gasteiger partial charge in [-0.1, -0.05) is 53.7 Å². The van der Waals surface area contributed by atoms with Gasteiger partial charge in [-0.15, -0.1) is 0 Å². The summed E-state index contributed by atoms with van der Waals surface area (Å²) in [5.74, 6) is 0.779. The van der Waals surface area contributed by atoms with Crippen molar-refractivity contribution in [3.8, 4) is 11.3 Å². The molecule has 1 aliphatic rings. The lowest BCUT2D eigenvalue weighted by atomic mass is 10.00. The van der Waals surface area contributed by atoms with Crippen molar-refractivity contribution < 1.29 is 14.0 Å². The van der Waals surface area contributed by atoms with Crippen LogP contribution < -0.4 is 0 Å². The van der Waals surface area contributed by atoms with Crippen LogP contribution in [0.25, 0.3) is 33.0 Å². The molecular weight excluding hydrogens is 302 g/mol. The van der Waals surface area contributed by atoms with Crippen LogP contribution in [-0.4, -0.2) is 18.4 Å². The molecule has 0 aliphatic carbocycles. The Labute approximate surface area is 138 Å². The minimum atomic E-state index is -0.301. The molecule has 3 aromatic carbocycles. The van der Waals surface area contributed by atoms with E-state index in [1.165, 1.54) is 5.39 Å². The van der Waals surface area contributed by atoms with Gasteiger partial charge in [0.2, 0.25) is 0 Å². The second-order valence-corrected chi connectivity index (χ2v) is 5.89. The first kappa shape index (κ1) is 13.7. The Bertz CT molecular complexity index is 1030. The second-order valence-electron chi connectivity index (χ2n) is 5.89. The lowest BCUT2D eigenvalue weighted by molar-refractivity contribution is -0.0440. The van der Waals surface area contributed by atoms with Crippen LogP contribution in [0.15, 0.2) is 65.2 Å². The van der Waals surface area contributed by atoms with Crippen molar-refractivity contribution in [3.05, 3.63) is 66.2 Å². The van der Waals surface area contributed by atoms with Gasteiger partial charge in [-0.05, 0) is 22.9 Å². The summed E-state index contributed by atoms with van der Waals surface area (Å²) in [6.07, 6.45) is -0.301. The number of fused-ring (bicyclic) bond motifs is 2. The summed E-state index contributed by atoms with van der Waals surface area (Å²) in [4.78, 5) is 0. The normalized spacial score (nSPS) is 15.5. The molecule has 1 aromatic heterocycles. The third-order valence-electron chi connectivity index (χ3n) is 4.43. The molecule has 0 unspecified atom stereocenters. The van der Waals surface area contributed by atoms with E-state index >= 15 is 0 Å². The zero-order chi connectivity index (χ0) is 15.9. The molecule has 24 heavy (non-hydrogen) atoms. The van der Waals surface area contributed by atoms with Gasteiger partial charge in [0, 0.05) is 11.1 Å². The third kappa shape index (κ3) is 2.12. The Morgan fingerprint density at radius 2 is 1.67 bits per heavy atom. The summed E-state index contributed by atoms with van der Waals surface area (Å²) >= 11 is 0. The first-order valence-corrected chi connectivity index (χ1v) is 8.01. The Kier molecular flexibility index (Phi) is 3.11.